The highest BCUT2D eigenvalue weighted by Crippen LogP contribution is 2.11. The van der Waals surface area contributed by atoms with Gasteiger partial charge in [-0.05, 0) is 13.0 Å². The van der Waals surface area contributed by atoms with Gasteiger partial charge in [0.2, 0.25) is 0 Å². The van der Waals surface area contributed by atoms with Gasteiger partial charge in [0.1, 0.15) is 12.2 Å². The van der Waals surface area contributed by atoms with Crippen LogP contribution in [0.15, 0.2) is 0 Å². The van der Waals surface area contributed by atoms with Crippen molar-refractivity contribution in [3.63, 3.8) is 0 Å². The molecule has 0 amide bonds. The Labute approximate surface area is 143 Å². The van der Waals surface area contributed by atoms with Crippen LogP contribution in [0.2, 0.25) is 0 Å². The van der Waals surface area contributed by atoms with Crippen LogP contribution < -0.4 is 0 Å². The van der Waals surface area contributed by atoms with Gasteiger partial charge in [-0.2, -0.15) is 0 Å². The quantitative estimate of drug-likeness (QED) is 0.360. The third-order valence-corrected chi connectivity index (χ3v) is 4.07. The van der Waals surface area contributed by atoms with E-state index in [0.29, 0.717) is 13.1 Å². The highest BCUT2D eigenvalue weighted by Gasteiger charge is 2.12. The van der Waals surface area contributed by atoms with Crippen molar-refractivity contribution in [3.8, 4) is 24.7 Å². The molecule has 0 aliphatic rings. The van der Waals surface area contributed by atoms with Gasteiger partial charge >= 0.3 is 0 Å². The van der Waals surface area contributed by atoms with Gasteiger partial charge in [0.15, 0.2) is 0 Å². The highest BCUT2D eigenvalue weighted by molar-refractivity contribution is 4.98. The topological polar surface area (TPSA) is 43.7 Å². The van der Waals surface area contributed by atoms with Gasteiger partial charge < -0.3 is 10.2 Å². The summed E-state index contributed by atoms with van der Waals surface area (Å²) < 4.78 is 0. The molecule has 23 heavy (non-hydrogen) atoms. The van der Waals surface area contributed by atoms with E-state index >= 15 is 0 Å². The Morgan fingerprint density at radius 2 is 1.13 bits per heavy atom. The Balaban J connectivity index is 3.70. The maximum absolute atomic E-state index is 9.56. The molecule has 0 aliphatic heterocycles. The lowest BCUT2D eigenvalue weighted by Gasteiger charge is -2.24. The molecule has 0 radical (unpaired) electrons. The van der Waals surface area contributed by atoms with Crippen molar-refractivity contribution >= 4 is 0 Å². The highest BCUT2D eigenvalue weighted by atomic mass is 16.3. The van der Waals surface area contributed by atoms with E-state index in [2.05, 4.69) is 18.8 Å². The van der Waals surface area contributed by atoms with Crippen molar-refractivity contribution in [2.75, 3.05) is 19.6 Å². The molecule has 0 bridgehead atoms. The third-order valence-electron chi connectivity index (χ3n) is 4.07. The van der Waals surface area contributed by atoms with Gasteiger partial charge in [-0.1, -0.05) is 76.6 Å². The van der Waals surface area contributed by atoms with Crippen LogP contribution in [0, 0.1) is 24.7 Å². The lowest BCUT2D eigenvalue weighted by Crippen LogP contribution is -2.37. The van der Waals surface area contributed by atoms with Gasteiger partial charge in [-0.15, -0.1) is 12.8 Å². The Bertz CT molecular complexity index is 321. The number of hydrogen-bond acceptors (Lipinski definition) is 3. The van der Waals surface area contributed by atoms with E-state index in [9.17, 15) is 10.2 Å². The number of terminal acetylenes is 2. The van der Waals surface area contributed by atoms with E-state index in [4.69, 9.17) is 12.8 Å². The molecule has 3 heteroatoms. The predicted octanol–water partition coefficient (Wildman–Crippen LogP) is 3.20. The van der Waals surface area contributed by atoms with Gasteiger partial charge in [0.25, 0.3) is 0 Å². The third kappa shape index (κ3) is 14.3. The molecule has 132 valence electrons. The van der Waals surface area contributed by atoms with Crippen LogP contribution in [0.1, 0.15) is 71.1 Å². The van der Waals surface area contributed by atoms with Crippen molar-refractivity contribution in [2.24, 2.45) is 0 Å². The van der Waals surface area contributed by atoms with Crippen LogP contribution in [0.25, 0.3) is 0 Å². The molecule has 3 nitrogen and oxygen atoms in total. The standard InChI is InChI=1S/C20H35NO2/c1-4-7-8-9-10-11-12-13-14-15-16-21(17-19(22)5-2)18-20(23)6-3/h2-3,19-20,22-23H,4,7-18H2,1H3. The van der Waals surface area contributed by atoms with E-state index in [1.807, 2.05) is 4.90 Å². The van der Waals surface area contributed by atoms with Crippen LogP contribution >= 0.6 is 0 Å². The summed E-state index contributed by atoms with van der Waals surface area (Å²) in [6, 6.07) is 0. The smallest absolute Gasteiger partial charge is 0.127 e. The largest absolute Gasteiger partial charge is 0.379 e. The second-order valence-corrected chi connectivity index (χ2v) is 6.31. The number of nitrogens with zero attached hydrogens (tertiary/aromatic N) is 1. The fourth-order valence-electron chi connectivity index (χ4n) is 2.67. The van der Waals surface area contributed by atoms with Gasteiger partial charge in [0, 0.05) is 13.1 Å². The second kappa shape index (κ2) is 15.9. The minimum absolute atomic E-state index is 0.368. The van der Waals surface area contributed by atoms with Crippen LogP contribution in [0.5, 0.6) is 0 Å². The van der Waals surface area contributed by atoms with Crippen molar-refractivity contribution in [1.82, 2.24) is 4.90 Å². The summed E-state index contributed by atoms with van der Waals surface area (Å²) >= 11 is 0. The minimum atomic E-state index is -0.803. The SMILES string of the molecule is C#CC(O)CN(CCCCCCCCCCCC)CC(O)C#C. The van der Waals surface area contributed by atoms with E-state index in [1.54, 1.807) is 0 Å². The number of unbranched alkanes of at least 4 members (excludes halogenated alkanes) is 9. The molecular formula is C20H35NO2. The molecule has 0 aromatic heterocycles. The predicted molar refractivity (Wildman–Crippen MR) is 98.0 cm³/mol. The first-order valence-electron chi connectivity index (χ1n) is 9.14. The first kappa shape index (κ1) is 22.0. The Kier molecular flexibility index (Phi) is 15.2. The number of aliphatic hydroxyl groups is 2. The van der Waals surface area contributed by atoms with Gasteiger partial charge in [0.05, 0.1) is 0 Å². The first-order chi connectivity index (χ1) is 11.1. The lowest BCUT2D eigenvalue weighted by atomic mass is 10.1. The summed E-state index contributed by atoms with van der Waals surface area (Å²) in [5, 5.41) is 19.1. The maximum atomic E-state index is 9.56. The van der Waals surface area contributed by atoms with Crippen LogP contribution in [0.3, 0.4) is 0 Å². The molecule has 2 N–H and O–H groups in total. The van der Waals surface area contributed by atoms with E-state index in [1.165, 1.54) is 57.8 Å². The lowest BCUT2D eigenvalue weighted by molar-refractivity contribution is 0.110. The van der Waals surface area contributed by atoms with Crippen molar-refractivity contribution in [2.45, 2.75) is 83.3 Å². The van der Waals surface area contributed by atoms with Crippen molar-refractivity contribution in [1.29, 1.82) is 0 Å². The van der Waals surface area contributed by atoms with Crippen molar-refractivity contribution in [3.05, 3.63) is 0 Å². The van der Waals surface area contributed by atoms with Gasteiger partial charge in [-0.25, -0.2) is 0 Å². The van der Waals surface area contributed by atoms with Crippen LogP contribution in [0.4, 0.5) is 0 Å². The average Bonchev–Trinajstić information content (AvgIpc) is 2.55. The van der Waals surface area contributed by atoms with Crippen molar-refractivity contribution < 1.29 is 10.2 Å². The molecule has 0 aromatic carbocycles. The molecule has 0 aliphatic carbocycles. The second-order valence-electron chi connectivity index (χ2n) is 6.31. The Morgan fingerprint density at radius 3 is 1.52 bits per heavy atom. The number of rotatable bonds is 15. The zero-order valence-electron chi connectivity index (χ0n) is 14.8. The molecule has 0 fully saturated rings. The number of hydrogen-bond donors (Lipinski definition) is 2. The fraction of sp³-hybridized carbons (Fsp3) is 0.800. The molecule has 0 saturated carbocycles. The summed E-state index contributed by atoms with van der Waals surface area (Å²) in [6.45, 7) is 3.79. The van der Waals surface area contributed by atoms with E-state index in [-0.39, 0.29) is 0 Å². The Morgan fingerprint density at radius 1 is 0.739 bits per heavy atom. The molecule has 0 rings (SSSR count). The van der Waals surface area contributed by atoms with Crippen LogP contribution in [-0.4, -0.2) is 47.0 Å². The summed E-state index contributed by atoms with van der Waals surface area (Å²) in [5.41, 5.74) is 0. The molecule has 0 aromatic rings. The van der Waals surface area contributed by atoms with Gasteiger partial charge in [-0.3, -0.25) is 4.90 Å². The fourth-order valence-corrected chi connectivity index (χ4v) is 2.67. The van der Waals surface area contributed by atoms with E-state index < -0.39 is 12.2 Å². The minimum Gasteiger partial charge on any atom is -0.379 e. The van der Waals surface area contributed by atoms with E-state index in [0.717, 1.165) is 13.0 Å². The van der Waals surface area contributed by atoms with Crippen LogP contribution in [-0.2, 0) is 0 Å². The zero-order chi connectivity index (χ0) is 17.3. The molecule has 2 atom stereocenters. The monoisotopic (exact) mass is 321 g/mol. The summed E-state index contributed by atoms with van der Waals surface area (Å²) in [6.07, 6.45) is 21.7. The maximum Gasteiger partial charge on any atom is 0.127 e. The Hall–Kier alpha value is -1.00. The number of aliphatic hydroxyl groups excluding tert-OH is 2. The molecule has 0 heterocycles. The molecule has 0 spiro atoms. The first-order valence-corrected chi connectivity index (χ1v) is 9.14. The average molecular weight is 322 g/mol. The zero-order valence-corrected chi connectivity index (χ0v) is 14.8. The summed E-state index contributed by atoms with van der Waals surface area (Å²) in [4.78, 5) is 1.96. The summed E-state index contributed by atoms with van der Waals surface area (Å²) in [5.74, 6) is 4.61. The molecular weight excluding hydrogens is 286 g/mol. The molecule has 0 saturated heterocycles. The normalized spacial score (nSPS) is 13.5. The molecule has 2 unspecified atom stereocenters. The summed E-state index contributed by atoms with van der Waals surface area (Å²) in [7, 11) is 0.